The van der Waals surface area contributed by atoms with Crippen LogP contribution >= 0.6 is 0 Å². The Balaban J connectivity index is 0.796. The average Bonchev–Trinajstić information content (AvgIpc) is 3.52. The summed E-state index contributed by atoms with van der Waals surface area (Å²) in [5.74, 6) is 0. The molecule has 0 atom stereocenters. The molecule has 0 fully saturated rings. The molecular formula is C74H72N2O4. The molecule has 6 heteroatoms. The Labute approximate surface area is 474 Å². The lowest BCUT2D eigenvalue weighted by molar-refractivity contribution is 0.124. The number of ether oxygens (including phenoxy) is 4. The fraction of sp³-hybridized carbons (Fsp3) is 0.189. The smallest absolute Gasteiger partial charge is 0.0717 e. The van der Waals surface area contributed by atoms with Crippen LogP contribution in [-0.4, -0.2) is 26.4 Å². The molecule has 402 valence electrons. The van der Waals surface area contributed by atoms with Gasteiger partial charge in [0.25, 0.3) is 0 Å². The number of nitrogens with zero attached hydrogens (tertiary/aromatic N) is 2. The molecule has 0 aliphatic rings. The summed E-state index contributed by atoms with van der Waals surface area (Å²) in [5.41, 5.74) is 19.0. The monoisotopic (exact) mass is 1050 g/mol. The Morgan fingerprint density at radius 2 is 0.350 bits per heavy atom. The highest BCUT2D eigenvalue weighted by molar-refractivity contribution is 5.78. The molecule has 0 unspecified atom stereocenters. The molecule has 10 rings (SSSR count). The quantitative estimate of drug-likeness (QED) is 0.0436. The summed E-state index contributed by atoms with van der Waals surface area (Å²) in [6.45, 7) is 5.16. The molecule has 0 amide bonds. The van der Waals surface area contributed by atoms with Gasteiger partial charge >= 0.3 is 0 Å². The highest BCUT2D eigenvalue weighted by Gasteiger charge is 2.16. The maximum Gasteiger partial charge on any atom is 0.0717 e. The third kappa shape index (κ3) is 16.6. The summed E-state index contributed by atoms with van der Waals surface area (Å²) in [6.07, 6.45) is 5.27. The topological polar surface area (TPSA) is 43.4 Å². The molecule has 6 nitrogen and oxygen atoms in total. The number of anilines is 6. The van der Waals surface area contributed by atoms with Crippen molar-refractivity contribution in [3.63, 3.8) is 0 Å². The molecule has 80 heavy (non-hydrogen) atoms. The molecule has 0 spiro atoms. The predicted octanol–water partition coefficient (Wildman–Crippen LogP) is 17.4. The van der Waals surface area contributed by atoms with Crippen molar-refractivity contribution in [3.05, 3.63) is 323 Å². The molecule has 10 aromatic rings. The van der Waals surface area contributed by atoms with Crippen molar-refractivity contribution in [1.82, 2.24) is 0 Å². The predicted molar refractivity (Wildman–Crippen MR) is 329 cm³/mol. The van der Waals surface area contributed by atoms with Crippen LogP contribution in [-0.2, 0) is 83.9 Å². The lowest BCUT2D eigenvalue weighted by atomic mass is 10.0. The van der Waals surface area contributed by atoms with E-state index in [4.69, 9.17) is 18.9 Å². The van der Waals surface area contributed by atoms with Gasteiger partial charge in [-0.3, -0.25) is 0 Å². The van der Waals surface area contributed by atoms with E-state index in [1.165, 1.54) is 55.6 Å². The molecule has 0 aromatic heterocycles. The van der Waals surface area contributed by atoms with Crippen LogP contribution in [0.25, 0.3) is 0 Å². The molecule has 0 aliphatic heterocycles. The third-order valence-corrected chi connectivity index (χ3v) is 14.5. The van der Waals surface area contributed by atoms with Crippen molar-refractivity contribution in [2.45, 2.75) is 65.0 Å². The molecule has 0 radical (unpaired) electrons. The zero-order valence-corrected chi connectivity index (χ0v) is 45.8. The zero-order chi connectivity index (χ0) is 54.2. The first kappa shape index (κ1) is 55.0. The van der Waals surface area contributed by atoms with Gasteiger partial charge in [0.05, 0.1) is 52.9 Å². The van der Waals surface area contributed by atoms with E-state index in [2.05, 4.69) is 252 Å². The largest absolute Gasteiger partial charge is 0.376 e. The normalized spacial score (nSPS) is 11.2. The number of aryl methyl sites for hydroxylation is 2. The van der Waals surface area contributed by atoms with Gasteiger partial charge in [0, 0.05) is 34.1 Å². The van der Waals surface area contributed by atoms with Crippen LogP contribution in [0.15, 0.2) is 267 Å². The van der Waals surface area contributed by atoms with Gasteiger partial charge in [0.1, 0.15) is 0 Å². The van der Waals surface area contributed by atoms with Gasteiger partial charge in [0.2, 0.25) is 0 Å². The Bertz CT molecular complexity index is 2910. The van der Waals surface area contributed by atoms with Gasteiger partial charge in [-0.2, -0.15) is 0 Å². The second-order valence-corrected chi connectivity index (χ2v) is 20.3. The SMILES string of the molecule is c1ccc(COCCc2ccc(N(c3ccc(CCOCc4ccccc4)cc3)c3ccc(CCc4ccc(N(c5ccc(CCOCc6ccccc6)cc5)c5ccc(CCOCc6ccccc6)cc5)cc4)cc3)cc2)cc1. The number of hydrogen-bond donors (Lipinski definition) is 0. The number of benzene rings is 10. The fourth-order valence-corrected chi connectivity index (χ4v) is 9.87. The number of hydrogen-bond acceptors (Lipinski definition) is 6. The minimum absolute atomic E-state index is 0.621. The van der Waals surface area contributed by atoms with E-state index < -0.39 is 0 Å². The van der Waals surface area contributed by atoms with Crippen LogP contribution in [0.1, 0.15) is 55.6 Å². The molecule has 0 N–H and O–H groups in total. The Hall–Kier alpha value is -8.36. The molecule has 10 aromatic carbocycles. The van der Waals surface area contributed by atoms with E-state index in [0.717, 1.165) is 72.6 Å². The van der Waals surface area contributed by atoms with E-state index in [9.17, 15) is 0 Å². The van der Waals surface area contributed by atoms with E-state index in [1.807, 2.05) is 24.3 Å². The van der Waals surface area contributed by atoms with E-state index in [1.54, 1.807) is 0 Å². The second kappa shape index (κ2) is 29.6. The standard InChI is InChI=1S/C74H72N2O4/c1-5-13-65(14-6-1)55-77-51-47-61-27-39-71(40-28-61)75(72-41-29-62(30-42-72)48-52-78-56-66-15-7-2-8-16-66)69-35-23-59(24-36-69)21-22-60-25-37-70(38-26-60)76(73-43-31-63(32-44-73)49-53-79-57-67-17-9-3-10-18-67)74-45-33-64(34-46-74)50-54-80-58-68-19-11-4-12-20-68/h1-20,23-46H,21-22,47-58H2. The molecular weight excluding hydrogens is 981 g/mol. The van der Waals surface area contributed by atoms with E-state index in [-0.39, 0.29) is 0 Å². The summed E-state index contributed by atoms with van der Waals surface area (Å²) in [5, 5.41) is 0. The summed E-state index contributed by atoms with van der Waals surface area (Å²) in [7, 11) is 0. The minimum atomic E-state index is 0.621. The lowest BCUT2D eigenvalue weighted by Crippen LogP contribution is -2.11. The van der Waals surface area contributed by atoms with Crippen molar-refractivity contribution in [2.75, 3.05) is 36.2 Å². The second-order valence-electron chi connectivity index (χ2n) is 20.3. The third-order valence-electron chi connectivity index (χ3n) is 14.5. The molecule has 0 aliphatic carbocycles. The van der Waals surface area contributed by atoms with Crippen molar-refractivity contribution < 1.29 is 18.9 Å². The Morgan fingerprint density at radius 1 is 0.175 bits per heavy atom. The van der Waals surface area contributed by atoms with Gasteiger partial charge < -0.3 is 28.7 Å². The van der Waals surface area contributed by atoms with Crippen LogP contribution in [0.3, 0.4) is 0 Å². The first-order valence-electron chi connectivity index (χ1n) is 28.3. The highest BCUT2D eigenvalue weighted by Crippen LogP contribution is 2.37. The molecule has 0 heterocycles. The van der Waals surface area contributed by atoms with E-state index in [0.29, 0.717) is 52.9 Å². The Morgan fingerprint density at radius 3 is 0.537 bits per heavy atom. The Kier molecular flexibility index (Phi) is 20.3. The molecule has 0 saturated heterocycles. The first-order chi connectivity index (χ1) is 39.6. The van der Waals surface area contributed by atoms with Crippen LogP contribution in [0, 0.1) is 0 Å². The number of rotatable bonds is 29. The lowest BCUT2D eigenvalue weighted by Gasteiger charge is -2.26. The van der Waals surface area contributed by atoms with Gasteiger partial charge in [-0.05, 0) is 167 Å². The maximum atomic E-state index is 6.04. The minimum Gasteiger partial charge on any atom is -0.376 e. The van der Waals surface area contributed by atoms with Gasteiger partial charge in [-0.15, -0.1) is 0 Å². The summed E-state index contributed by atoms with van der Waals surface area (Å²) in [6, 6.07) is 95.3. The van der Waals surface area contributed by atoms with Crippen LogP contribution < -0.4 is 9.80 Å². The van der Waals surface area contributed by atoms with Crippen molar-refractivity contribution in [3.8, 4) is 0 Å². The summed E-state index contributed by atoms with van der Waals surface area (Å²) >= 11 is 0. The maximum absolute atomic E-state index is 6.04. The van der Waals surface area contributed by atoms with Crippen molar-refractivity contribution >= 4 is 34.1 Å². The van der Waals surface area contributed by atoms with Crippen LogP contribution in [0.2, 0.25) is 0 Å². The van der Waals surface area contributed by atoms with Crippen molar-refractivity contribution in [1.29, 1.82) is 0 Å². The van der Waals surface area contributed by atoms with Gasteiger partial charge in [-0.1, -0.05) is 194 Å². The summed E-state index contributed by atoms with van der Waals surface area (Å²) < 4.78 is 24.1. The van der Waals surface area contributed by atoms with Crippen LogP contribution in [0.4, 0.5) is 34.1 Å². The highest BCUT2D eigenvalue weighted by atomic mass is 16.5. The van der Waals surface area contributed by atoms with Gasteiger partial charge in [-0.25, -0.2) is 0 Å². The average molecular weight is 1050 g/mol. The van der Waals surface area contributed by atoms with Crippen molar-refractivity contribution in [2.24, 2.45) is 0 Å². The first-order valence-corrected chi connectivity index (χ1v) is 28.3. The van der Waals surface area contributed by atoms with E-state index >= 15 is 0 Å². The molecule has 0 saturated carbocycles. The van der Waals surface area contributed by atoms with Crippen LogP contribution in [0.5, 0.6) is 0 Å². The zero-order valence-electron chi connectivity index (χ0n) is 45.8. The molecule has 0 bridgehead atoms. The fourth-order valence-electron chi connectivity index (χ4n) is 9.87. The summed E-state index contributed by atoms with van der Waals surface area (Å²) in [4.78, 5) is 4.70. The van der Waals surface area contributed by atoms with Gasteiger partial charge in [0.15, 0.2) is 0 Å².